The van der Waals surface area contributed by atoms with Crippen LogP contribution in [0.5, 0.6) is 0 Å². The Hall–Kier alpha value is -1.61. The molecule has 1 aromatic heterocycles. The van der Waals surface area contributed by atoms with Gasteiger partial charge in [0.25, 0.3) is 0 Å². The molecule has 1 N–H and O–H groups in total. The third kappa shape index (κ3) is 4.04. The number of halogens is 3. The van der Waals surface area contributed by atoms with Gasteiger partial charge in [-0.3, -0.25) is 4.98 Å². The van der Waals surface area contributed by atoms with Crippen LogP contribution in [-0.2, 0) is 0 Å². The molecule has 1 aromatic rings. The number of nitriles is 1. The lowest BCUT2D eigenvalue weighted by atomic mass is 10.1. The van der Waals surface area contributed by atoms with Gasteiger partial charge < -0.3 is 5.32 Å². The summed E-state index contributed by atoms with van der Waals surface area (Å²) in [6.45, 7) is 1.27. The maximum absolute atomic E-state index is 12.3. The van der Waals surface area contributed by atoms with E-state index in [9.17, 15) is 13.2 Å². The fraction of sp³-hybridized carbons (Fsp3) is 0.455. The lowest BCUT2D eigenvalue weighted by Crippen LogP contribution is -2.34. The third-order valence-electron chi connectivity index (χ3n) is 2.31. The van der Waals surface area contributed by atoms with E-state index >= 15 is 0 Å². The van der Waals surface area contributed by atoms with Crippen molar-refractivity contribution >= 4 is 0 Å². The van der Waals surface area contributed by atoms with Crippen molar-refractivity contribution in [3.8, 4) is 6.07 Å². The second kappa shape index (κ2) is 5.64. The Bertz CT molecular complexity index is 383. The number of pyridine rings is 1. The van der Waals surface area contributed by atoms with E-state index in [1.54, 1.807) is 31.3 Å². The molecule has 0 bridgehead atoms. The lowest BCUT2D eigenvalue weighted by molar-refractivity contribution is -0.157. The summed E-state index contributed by atoms with van der Waals surface area (Å²) >= 11 is 0. The Morgan fingerprint density at radius 3 is 2.65 bits per heavy atom. The molecule has 17 heavy (non-hydrogen) atoms. The van der Waals surface area contributed by atoms with Crippen LogP contribution in [0.15, 0.2) is 24.4 Å². The molecule has 0 spiro atoms. The van der Waals surface area contributed by atoms with Crippen LogP contribution >= 0.6 is 0 Å². The molecule has 0 aliphatic heterocycles. The Morgan fingerprint density at radius 2 is 2.18 bits per heavy atom. The summed E-state index contributed by atoms with van der Waals surface area (Å²) in [7, 11) is 0. The summed E-state index contributed by atoms with van der Waals surface area (Å²) in [6.07, 6.45) is -2.93. The van der Waals surface area contributed by atoms with Crippen LogP contribution in [-0.4, -0.2) is 17.7 Å². The van der Waals surface area contributed by atoms with Gasteiger partial charge in [-0.15, -0.1) is 0 Å². The average Bonchev–Trinajstić information content (AvgIpc) is 2.29. The molecule has 0 aliphatic rings. The third-order valence-corrected chi connectivity index (χ3v) is 2.31. The largest absolute Gasteiger partial charge is 0.405 e. The second-order valence-electron chi connectivity index (χ2n) is 3.61. The number of alkyl halides is 3. The van der Waals surface area contributed by atoms with E-state index in [0.29, 0.717) is 5.69 Å². The number of aromatic nitrogens is 1. The molecular weight excluding hydrogens is 231 g/mol. The molecule has 0 aromatic carbocycles. The monoisotopic (exact) mass is 243 g/mol. The van der Waals surface area contributed by atoms with Crippen LogP contribution in [0, 0.1) is 17.2 Å². The highest BCUT2D eigenvalue weighted by Gasteiger charge is 2.39. The summed E-state index contributed by atoms with van der Waals surface area (Å²) in [6, 6.07) is 6.11. The molecule has 0 aliphatic carbocycles. The van der Waals surface area contributed by atoms with Crippen LogP contribution in [0.2, 0.25) is 0 Å². The number of hydrogen-bond donors (Lipinski definition) is 1. The van der Waals surface area contributed by atoms with E-state index in [4.69, 9.17) is 5.26 Å². The highest BCUT2D eigenvalue weighted by Crippen LogP contribution is 2.25. The fourth-order valence-electron chi connectivity index (χ4n) is 1.27. The molecule has 0 fully saturated rings. The first kappa shape index (κ1) is 13.5. The van der Waals surface area contributed by atoms with Crippen LogP contribution in [0.25, 0.3) is 0 Å². The van der Waals surface area contributed by atoms with Crippen molar-refractivity contribution in [2.75, 3.05) is 6.54 Å². The van der Waals surface area contributed by atoms with Crippen molar-refractivity contribution in [3.05, 3.63) is 30.1 Å². The smallest absolute Gasteiger partial charge is 0.307 e. The first-order chi connectivity index (χ1) is 7.95. The Kier molecular flexibility index (Phi) is 4.46. The van der Waals surface area contributed by atoms with Gasteiger partial charge in [-0.2, -0.15) is 18.4 Å². The minimum Gasteiger partial charge on any atom is -0.307 e. The van der Waals surface area contributed by atoms with Crippen molar-refractivity contribution in [1.29, 1.82) is 5.26 Å². The molecule has 6 heteroatoms. The van der Waals surface area contributed by atoms with Crippen molar-refractivity contribution in [2.24, 2.45) is 5.92 Å². The topological polar surface area (TPSA) is 48.7 Å². The van der Waals surface area contributed by atoms with Crippen LogP contribution in [0.1, 0.15) is 18.7 Å². The molecule has 92 valence electrons. The maximum Gasteiger partial charge on any atom is 0.405 e. The highest BCUT2D eigenvalue weighted by atomic mass is 19.4. The average molecular weight is 243 g/mol. The minimum atomic E-state index is -4.49. The molecule has 0 radical (unpaired) electrons. The van der Waals surface area contributed by atoms with Gasteiger partial charge in [-0.05, 0) is 19.1 Å². The SMILES string of the molecule is C[C@@H](NCC(C#N)C(F)(F)F)c1ccccn1. The van der Waals surface area contributed by atoms with E-state index in [1.165, 1.54) is 6.07 Å². The predicted molar refractivity (Wildman–Crippen MR) is 55.8 cm³/mol. The molecule has 0 saturated heterocycles. The lowest BCUT2D eigenvalue weighted by Gasteiger charge is -2.17. The van der Waals surface area contributed by atoms with Gasteiger partial charge in [-0.25, -0.2) is 0 Å². The Morgan fingerprint density at radius 1 is 1.47 bits per heavy atom. The van der Waals surface area contributed by atoms with Crippen LogP contribution in [0.3, 0.4) is 0 Å². The molecule has 1 heterocycles. The van der Waals surface area contributed by atoms with E-state index in [1.807, 2.05) is 0 Å². The highest BCUT2D eigenvalue weighted by molar-refractivity contribution is 5.07. The Labute approximate surface area is 97.3 Å². The first-order valence-corrected chi connectivity index (χ1v) is 5.05. The summed E-state index contributed by atoms with van der Waals surface area (Å²) in [5, 5.41) is 11.1. The minimum absolute atomic E-state index is 0.325. The van der Waals surface area contributed by atoms with E-state index in [-0.39, 0.29) is 6.04 Å². The zero-order chi connectivity index (χ0) is 12.9. The quantitative estimate of drug-likeness (QED) is 0.883. The van der Waals surface area contributed by atoms with Gasteiger partial charge in [0.2, 0.25) is 0 Å². The summed E-state index contributed by atoms with van der Waals surface area (Å²) in [4.78, 5) is 4.02. The number of nitrogens with one attached hydrogen (secondary N) is 1. The molecule has 1 rings (SSSR count). The molecule has 2 atom stereocenters. The number of hydrogen-bond acceptors (Lipinski definition) is 3. The van der Waals surface area contributed by atoms with Gasteiger partial charge in [0.1, 0.15) is 0 Å². The van der Waals surface area contributed by atoms with Gasteiger partial charge >= 0.3 is 6.18 Å². The fourth-order valence-corrected chi connectivity index (χ4v) is 1.27. The standard InChI is InChI=1S/C11H12F3N3/c1-8(10-4-2-3-5-16-10)17-7-9(6-15)11(12,13)14/h2-5,8-9,17H,7H2,1H3/t8-,9?/m1/s1. The van der Waals surface area contributed by atoms with E-state index in [2.05, 4.69) is 10.3 Å². The van der Waals surface area contributed by atoms with Crippen molar-refractivity contribution in [2.45, 2.75) is 19.1 Å². The molecular formula is C11H12F3N3. The number of nitrogens with zero attached hydrogens (tertiary/aromatic N) is 2. The zero-order valence-corrected chi connectivity index (χ0v) is 9.20. The summed E-state index contributed by atoms with van der Waals surface area (Å²) in [5.41, 5.74) is 0.645. The van der Waals surface area contributed by atoms with Gasteiger partial charge in [0.05, 0.1) is 11.8 Å². The predicted octanol–water partition coefficient (Wildman–Crippen LogP) is 2.43. The molecule has 3 nitrogen and oxygen atoms in total. The first-order valence-electron chi connectivity index (χ1n) is 5.05. The molecule has 0 amide bonds. The maximum atomic E-state index is 12.3. The van der Waals surface area contributed by atoms with Crippen LogP contribution in [0.4, 0.5) is 13.2 Å². The van der Waals surface area contributed by atoms with Gasteiger partial charge in [0.15, 0.2) is 5.92 Å². The van der Waals surface area contributed by atoms with Crippen molar-refractivity contribution in [1.82, 2.24) is 10.3 Å². The summed E-state index contributed by atoms with van der Waals surface area (Å²) in [5.74, 6) is -1.99. The van der Waals surface area contributed by atoms with Gasteiger partial charge in [-0.1, -0.05) is 6.07 Å². The molecule has 0 saturated carbocycles. The normalized spacial score (nSPS) is 15.0. The van der Waals surface area contributed by atoms with Crippen LogP contribution < -0.4 is 5.32 Å². The zero-order valence-electron chi connectivity index (χ0n) is 9.20. The van der Waals surface area contributed by atoms with Crippen molar-refractivity contribution < 1.29 is 13.2 Å². The summed E-state index contributed by atoms with van der Waals surface area (Å²) < 4.78 is 36.9. The van der Waals surface area contributed by atoms with E-state index in [0.717, 1.165) is 0 Å². The second-order valence-corrected chi connectivity index (χ2v) is 3.61. The van der Waals surface area contributed by atoms with Gasteiger partial charge in [0, 0.05) is 18.8 Å². The van der Waals surface area contributed by atoms with Crippen molar-refractivity contribution in [3.63, 3.8) is 0 Å². The Balaban J connectivity index is 2.54. The van der Waals surface area contributed by atoms with E-state index < -0.39 is 18.6 Å². The number of rotatable bonds is 4. The molecule has 1 unspecified atom stereocenters.